The van der Waals surface area contributed by atoms with Crippen LogP contribution >= 0.6 is 0 Å². The van der Waals surface area contributed by atoms with Gasteiger partial charge in [-0.25, -0.2) is 0 Å². The molecule has 0 aromatic carbocycles. The minimum atomic E-state index is -1.09. The molecule has 3 unspecified atom stereocenters. The first-order valence-electron chi connectivity index (χ1n) is 4.78. The molecule has 0 aromatic rings. The molecule has 3 atom stereocenters. The Bertz CT molecular complexity index is 118. The van der Waals surface area contributed by atoms with Crippen LogP contribution in [0, 0.1) is 0 Å². The maximum absolute atomic E-state index is 9.36. The molecule has 4 N–H and O–H groups in total. The zero-order valence-electron chi connectivity index (χ0n) is 8.06. The third-order valence-corrected chi connectivity index (χ3v) is 2.03. The van der Waals surface area contributed by atoms with E-state index in [9.17, 15) is 15.3 Å². The first kappa shape index (κ1) is 12.8. The Morgan fingerprint density at radius 1 is 1.00 bits per heavy atom. The predicted molar refractivity (Wildman–Crippen MR) is 49.2 cm³/mol. The summed E-state index contributed by atoms with van der Waals surface area (Å²) in [5.41, 5.74) is 0. The first-order valence-corrected chi connectivity index (χ1v) is 4.78. The molecule has 0 radical (unpaired) electrons. The van der Waals surface area contributed by atoms with Crippen molar-refractivity contribution in [3.8, 4) is 0 Å². The second-order valence-electron chi connectivity index (χ2n) is 3.28. The molecule has 0 aromatic heterocycles. The zero-order chi connectivity index (χ0) is 10.3. The second kappa shape index (κ2) is 7.26. The average Bonchev–Trinajstić information content (AvgIpc) is 2.13. The number of hydrogen-bond acceptors (Lipinski definition) is 4. The largest absolute Gasteiger partial charge is 0.396 e. The average molecular weight is 192 g/mol. The quantitative estimate of drug-likeness (QED) is 0.444. The smallest absolute Gasteiger partial charge is 0.106 e. The lowest BCUT2D eigenvalue weighted by molar-refractivity contribution is -0.0655. The summed E-state index contributed by atoms with van der Waals surface area (Å²) in [6.45, 7) is 1.89. The van der Waals surface area contributed by atoms with Crippen LogP contribution in [-0.4, -0.2) is 45.3 Å². The van der Waals surface area contributed by atoms with Crippen molar-refractivity contribution in [1.82, 2.24) is 0 Å². The van der Waals surface area contributed by atoms with E-state index in [0.717, 1.165) is 6.42 Å². The number of aliphatic hydroxyl groups is 4. The maximum Gasteiger partial charge on any atom is 0.106 e. The molecule has 0 bridgehead atoms. The molecule has 0 amide bonds. The molecule has 0 aliphatic heterocycles. The van der Waals surface area contributed by atoms with Gasteiger partial charge in [0.05, 0.1) is 12.2 Å². The zero-order valence-corrected chi connectivity index (χ0v) is 8.06. The van der Waals surface area contributed by atoms with Crippen LogP contribution in [0.25, 0.3) is 0 Å². The van der Waals surface area contributed by atoms with Gasteiger partial charge in [-0.3, -0.25) is 0 Å². The van der Waals surface area contributed by atoms with Crippen LogP contribution in [0.15, 0.2) is 0 Å². The third-order valence-electron chi connectivity index (χ3n) is 2.03. The van der Waals surface area contributed by atoms with Crippen LogP contribution in [0.5, 0.6) is 0 Å². The third kappa shape index (κ3) is 5.21. The molecule has 4 nitrogen and oxygen atoms in total. The van der Waals surface area contributed by atoms with Gasteiger partial charge in [0.15, 0.2) is 0 Å². The van der Waals surface area contributed by atoms with Crippen LogP contribution in [0.1, 0.15) is 32.6 Å². The van der Waals surface area contributed by atoms with E-state index >= 15 is 0 Å². The molecule has 0 rings (SSSR count). The number of aliphatic hydroxyl groups excluding tert-OH is 4. The Kier molecular flexibility index (Phi) is 7.17. The monoisotopic (exact) mass is 192 g/mol. The van der Waals surface area contributed by atoms with Crippen LogP contribution in [0.4, 0.5) is 0 Å². The van der Waals surface area contributed by atoms with Gasteiger partial charge in [-0.15, -0.1) is 0 Å². The Morgan fingerprint density at radius 3 is 2.00 bits per heavy atom. The van der Waals surface area contributed by atoms with Crippen LogP contribution in [0.2, 0.25) is 0 Å². The van der Waals surface area contributed by atoms with E-state index in [1.54, 1.807) is 0 Å². The second-order valence-corrected chi connectivity index (χ2v) is 3.28. The first-order chi connectivity index (χ1) is 6.13. The fourth-order valence-electron chi connectivity index (χ4n) is 1.19. The van der Waals surface area contributed by atoms with Crippen molar-refractivity contribution in [1.29, 1.82) is 0 Å². The molecular weight excluding hydrogens is 172 g/mol. The molecule has 0 aliphatic carbocycles. The molecule has 4 heteroatoms. The summed E-state index contributed by atoms with van der Waals surface area (Å²) in [7, 11) is 0. The molecule has 0 aliphatic rings. The van der Waals surface area contributed by atoms with Crippen molar-refractivity contribution in [3.63, 3.8) is 0 Å². The highest BCUT2D eigenvalue weighted by atomic mass is 16.4. The minimum absolute atomic E-state index is 0.00630. The Balaban J connectivity index is 3.71. The van der Waals surface area contributed by atoms with Gasteiger partial charge in [-0.05, 0) is 19.3 Å². The standard InChI is InChI=1S/C9H20O4/c1-2-4-7(11)9(13)8(12)5-3-6-10/h7-13H,2-6H2,1H3. The summed E-state index contributed by atoms with van der Waals surface area (Å²) in [4.78, 5) is 0. The molecule has 0 fully saturated rings. The van der Waals surface area contributed by atoms with E-state index in [1.807, 2.05) is 6.92 Å². The van der Waals surface area contributed by atoms with Crippen LogP contribution in [-0.2, 0) is 0 Å². The van der Waals surface area contributed by atoms with Gasteiger partial charge < -0.3 is 20.4 Å². The fourth-order valence-corrected chi connectivity index (χ4v) is 1.19. The van der Waals surface area contributed by atoms with E-state index in [-0.39, 0.29) is 6.61 Å². The lowest BCUT2D eigenvalue weighted by Gasteiger charge is -2.22. The van der Waals surface area contributed by atoms with Gasteiger partial charge >= 0.3 is 0 Å². The van der Waals surface area contributed by atoms with Gasteiger partial charge in [0.25, 0.3) is 0 Å². The summed E-state index contributed by atoms with van der Waals surface area (Å²) in [6.07, 6.45) is -0.878. The fraction of sp³-hybridized carbons (Fsp3) is 1.00. The maximum atomic E-state index is 9.36. The molecule has 0 heterocycles. The van der Waals surface area contributed by atoms with E-state index in [2.05, 4.69) is 0 Å². The lowest BCUT2D eigenvalue weighted by atomic mass is 10.0. The van der Waals surface area contributed by atoms with Crippen LogP contribution in [0.3, 0.4) is 0 Å². The van der Waals surface area contributed by atoms with Crippen molar-refractivity contribution in [2.45, 2.75) is 50.9 Å². The summed E-state index contributed by atoms with van der Waals surface area (Å²) < 4.78 is 0. The molecule has 80 valence electrons. The van der Waals surface area contributed by atoms with Crippen molar-refractivity contribution in [3.05, 3.63) is 0 Å². The molecule has 0 saturated heterocycles. The minimum Gasteiger partial charge on any atom is -0.396 e. The lowest BCUT2D eigenvalue weighted by Crippen LogP contribution is -2.37. The van der Waals surface area contributed by atoms with Crippen molar-refractivity contribution < 1.29 is 20.4 Å². The number of hydrogen-bond donors (Lipinski definition) is 4. The van der Waals surface area contributed by atoms with Gasteiger partial charge in [-0.2, -0.15) is 0 Å². The van der Waals surface area contributed by atoms with Crippen LogP contribution < -0.4 is 0 Å². The normalized spacial score (nSPS) is 18.2. The summed E-state index contributed by atoms with van der Waals surface area (Å²) in [5, 5.41) is 36.5. The molecular formula is C9H20O4. The van der Waals surface area contributed by atoms with Crippen molar-refractivity contribution in [2.24, 2.45) is 0 Å². The highest BCUT2D eigenvalue weighted by Gasteiger charge is 2.23. The summed E-state index contributed by atoms with van der Waals surface area (Å²) in [5.74, 6) is 0. The molecule has 0 spiro atoms. The predicted octanol–water partition coefficient (Wildman–Crippen LogP) is -0.358. The van der Waals surface area contributed by atoms with Gasteiger partial charge in [0.2, 0.25) is 0 Å². The molecule has 0 saturated carbocycles. The Labute approximate surface area is 78.8 Å². The van der Waals surface area contributed by atoms with Gasteiger partial charge in [-0.1, -0.05) is 13.3 Å². The van der Waals surface area contributed by atoms with Crippen molar-refractivity contribution >= 4 is 0 Å². The Hall–Kier alpha value is -0.160. The SMILES string of the molecule is CCCC(O)C(O)C(O)CCCO. The molecule has 13 heavy (non-hydrogen) atoms. The van der Waals surface area contributed by atoms with Gasteiger partial charge in [0, 0.05) is 6.61 Å². The Morgan fingerprint density at radius 2 is 1.54 bits per heavy atom. The summed E-state index contributed by atoms with van der Waals surface area (Å²) in [6, 6.07) is 0. The van der Waals surface area contributed by atoms with E-state index < -0.39 is 18.3 Å². The summed E-state index contributed by atoms with van der Waals surface area (Å²) >= 11 is 0. The van der Waals surface area contributed by atoms with E-state index in [0.29, 0.717) is 19.3 Å². The van der Waals surface area contributed by atoms with Gasteiger partial charge in [0.1, 0.15) is 6.10 Å². The van der Waals surface area contributed by atoms with E-state index in [4.69, 9.17) is 5.11 Å². The highest BCUT2D eigenvalue weighted by molar-refractivity contribution is 4.74. The van der Waals surface area contributed by atoms with E-state index in [1.165, 1.54) is 0 Å². The van der Waals surface area contributed by atoms with Crippen molar-refractivity contribution in [2.75, 3.05) is 6.61 Å². The highest BCUT2D eigenvalue weighted by Crippen LogP contribution is 2.10. The topological polar surface area (TPSA) is 80.9 Å². The number of rotatable bonds is 7.